The Morgan fingerprint density at radius 2 is 1.24 bits per heavy atom. The summed E-state index contributed by atoms with van der Waals surface area (Å²) in [5, 5.41) is 0. The Morgan fingerprint density at radius 3 is 1.68 bits per heavy atom. The molecule has 1 aliphatic rings. The molecule has 8 nitrogen and oxygen atoms in total. The van der Waals surface area contributed by atoms with Gasteiger partial charge in [0.05, 0.1) is 26.2 Å². The molecule has 3 aromatic rings. The van der Waals surface area contributed by atoms with Gasteiger partial charge < -0.3 is 19.1 Å². The van der Waals surface area contributed by atoms with Gasteiger partial charge in [0.25, 0.3) is 0 Å². The topological polar surface area (TPSA) is 85.4 Å². The first kappa shape index (κ1) is 26.2. The summed E-state index contributed by atoms with van der Waals surface area (Å²) in [5.41, 5.74) is 2.69. The van der Waals surface area contributed by atoms with Gasteiger partial charge in [-0.25, -0.2) is 8.42 Å². The smallest absolute Gasteiger partial charge is 0.247 e. The fourth-order valence-corrected chi connectivity index (χ4v) is 5.74. The number of rotatable bonds is 8. The Labute approximate surface area is 217 Å². The van der Waals surface area contributed by atoms with Crippen LogP contribution < -0.4 is 14.2 Å². The van der Waals surface area contributed by atoms with E-state index in [1.165, 1.54) is 37.8 Å². The third-order valence-corrected chi connectivity index (χ3v) is 8.14. The summed E-state index contributed by atoms with van der Waals surface area (Å²) in [6.45, 7) is 0.890. The molecule has 9 heteroatoms. The van der Waals surface area contributed by atoms with E-state index in [0.717, 1.165) is 16.7 Å². The van der Waals surface area contributed by atoms with Crippen molar-refractivity contribution in [2.75, 3.05) is 47.5 Å². The molecule has 0 saturated carbocycles. The summed E-state index contributed by atoms with van der Waals surface area (Å²) < 4.78 is 44.1. The molecule has 0 aromatic heterocycles. The number of carbonyl (C=O) groups is 1. The van der Waals surface area contributed by atoms with Crippen molar-refractivity contribution in [1.29, 1.82) is 0 Å². The fraction of sp³-hybridized carbons (Fsp3) is 0.250. The SMILES string of the molecule is COc1cc(S(=O)(=O)N2CCN(C(=O)C=C(c3ccccc3)c3ccccc3)CC2)cc(OC)c1OC. The van der Waals surface area contributed by atoms with E-state index in [2.05, 4.69) is 0 Å². The highest BCUT2D eigenvalue weighted by molar-refractivity contribution is 7.89. The van der Waals surface area contributed by atoms with Crippen molar-refractivity contribution in [3.8, 4) is 17.2 Å². The summed E-state index contributed by atoms with van der Waals surface area (Å²) in [4.78, 5) is 15.0. The highest BCUT2D eigenvalue weighted by atomic mass is 32.2. The van der Waals surface area contributed by atoms with Crippen LogP contribution in [0.3, 0.4) is 0 Å². The van der Waals surface area contributed by atoms with Crippen molar-refractivity contribution in [3.63, 3.8) is 0 Å². The molecule has 4 rings (SSSR count). The zero-order valence-corrected chi connectivity index (χ0v) is 21.9. The largest absolute Gasteiger partial charge is 0.493 e. The molecule has 0 aliphatic carbocycles. The van der Waals surface area contributed by atoms with Crippen molar-refractivity contribution in [3.05, 3.63) is 90.0 Å². The molecule has 0 N–H and O–H groups in total. The Balaban J connectivity index is 1.53. The minimum absolute atomic E-state index is 0.0390. The monoisotopic (exact) mass is 522 g/mol. The van der Waals surface area contributed by atoms with E-state index in [4.69, 9.17) is 14.2 Å². The van der Waals surface area contributed by atoms with Crippen LogP contribution in [0.15, 0.2) is 83.8 Å². The number of amides is 1. The van der Waals surface area contributed by atoms with Gasteiger partial charge in [0.15, 0.2) is 11.5 Å². The van der Waals surface area contributed by atoms with Crippen LogP contribution in [-0.4, -0.2) is 71.0 Å². The first-order chi connectivity index (χ1) is 17.9. The molecule has 1 heterocycles. The van der Waals surface area contributed by atoms with Crippen LogP contribution in [0.25, 0.3) is 5.57 Å². The number of ether oxygens (including phenoxy) is 3. The van der Waals surface area contributed by atoms with Crippen molar-refractivity contribution in [1.82, 2.24) is 9.21 Å². The number of piperazine rings is 1. The van der Waals surface area contributed by atoms with E-state index in [9.17, 15) is 13.2 Å². The number of benzene rings is 3. The zero-order chi connectivity index (χ0) is 26.4. The lowest BCUT2D eigenvalue weighted by Crippen LogP contribution is -2.50. The number of methoxy groups -OCH3 is 3. The Bertz CT molecular complexity index is 1300. The number of nitrogens with zero attached hydrogens (tertiary/aromatic N) is 2. The van der Waals surface area contributed by atoms with E-state index in [0.29, 0.717) is 5.75 Å². The van der Waals surface area contributed by atoms with Gasteiger partial charge in [-0.2, -0.15) is 4.31 Å². The maximum atomic E-state index is 13.4. The van der Waals surface area contributed by atoms with Crippen molar-refractivity contribution < 1.29 is 27.4 Å². The van der Waals surface area contributed by atoms with Crippen LogP contribution in [-0.2, 0) is 14.8 Å². The Hall–Kier alpha value is -3.82. The fourth-order valence-electron chi connectivity index (χ4n) is 4.29. The summed E-state index contributed by atoms with van der Waals surface area (Å²) in [7, 11) is 0.483. The summed E-state index contributed by atoms with van der Waals surface area (Å²) >= 11 is 0. The average molecular weight is 523 g/mol. The maximum Gasteiger partial charge on any atom is 0.247 e. The molecule has 1 saturated heterocycles. The molecule has 0 radical (unpaired) electrons. The van der Waals surface area contributed by atoms with Gasteiger partial charge in [-0.1, -0.05) is 60.7 Å². The molecule has 1 aliphatic heterocycles. The molecule has 37 heavy (non-hydrogen) atoms. The van der Waals surface area contributed by atoms with E-state index in [1.807, 2.05) is 60.7 Å². The predicted octanol–water partition coefficient (Wildman–Crippen LogP) is 3.68. The van der Waals surface area contributed by atoms with Gasteiger partial charge in [0.2, 0.25) is 21.7 Å². The van der Waals surface area contributed by atoms with Crippen LogP contribution in [0.5, 0.6) is 17.2 Å². The van der Waals surface area contributed by atoms with Crippen molar-refractivity contribution in [2.45, 2.75) is 4.90 Å². The molecule has 0 spiro atoms. The first-order valence-corrected chi connectivity index (χ1v) is 13.2. The Kier molecular flexibility index (Phi) is 8.15. The maximum absolute atomic E-state index is 13.4. The van der Waals surface area contributed by atoms with E-state index in [1.54, 1.807) is 11.0 Å². The normalized spacial score (nSPS) is 14.1. The van der Waals surface area contributed by atoms with Crippen molar-refractivity contribution in [2.24, 2.45) is 0 Å². The molecular weight excluding hydrogens is 492 g/mol. The molecule has 1 fully saturated rings. The quantitative estimate of drug-likeness (QED) is 0.420. The predicted molar refractivity (Wildman–Crippen MR) is 141 cm³/mol. The standard InChI is InChI=1S/C28H30N2O6S/c1-34-25-18-23(19-26(35-2)28(25)36-3)37(32,33)30-16-14-29(15-17-30)27(31)20-24(21-10-6-4-7-11-21)22-12-8-5-9-13-22/h4-13,18-20H,14-17H2,1-3H3. The van der Waals surface area contributed by atoms with Gasteiger partial charge >= 0.3 is 0 Å². The second-order valence-electron chi connectivity index (χ2n) is 8.38. The third-order valence-electron chi connectivity index (χ3n) is 6.26. The minimum atomic E-state index is -3.85. The van der Waals surface area contributed by atoms with Gasteiger partial charge in [-0.05, 0) is 16.7 Å². The number of carbonyl (C=O) groups excluding carboxylic acids is 1. The van der Waals surface area contributed by atoms with E-state index in [-0.39, 0.29) is 48.5 Å². The zero-order valence-electron chi connectivity index (χ0n) is 21.1. The van der Waals surface area contributed by atoms with E-state index < -0.39 is 10.0 Å². The lowest BCUT2D eigenvalue weighted by molar-refractivity contribution is -0.127. The first-order valence-electron chi connectivity index (χ1n) is 11.8. The minimum Gasteiger partial charge on any atom is -0.493 e. The lowest BCUT2D eigenvalue weighted by Gasteiger charge is -2.33. The number of hydrogen-bond acceptors (Lipinski definition) is 6. The van der Waals surface area contributed by atoms with Crippen LogP contribution in [0.2, 0.25) is 0 Å². The summed E-state index contributed by atoms with van der Waals surface area (Å²) in [5.74, 6) is 0.675. The van der Waals surface area contributed by atoms with Crippen LogP contribution in [0.4, 0.5) is 0 Å². The molecular formula is C28H30N2O6S. The van der Waals surface area contributed by atoms with Crippen LogP contribution in [0.1, 0.15) is 11.1 Å². The average Bonchev–Trinajstić information content (AvgIpc) is 2.95. The second kappa shape index (κ2) is 11.5. The number of hydrogen-bond donors (Lipinski definition) is 0. The highest BCUT2D eigenvalue weighted by Gasteiger charge is 2.31. The summed E-state index contributed by atoms with van der Waals surface area (Å²) in [6.07, 6.45) is 1.63. The van der Waals surface area contributed by atoms with Gasteiger partial charge in [0.1, 0.15) is 0 Å². The second-order valence-corrected chi connectivity index (χ2v) is 10.3. The van der Waals surface area contributed by atoms with E-state index >= 15 is 0 Å². The molecule has 1 amide bonds. The van der Waals surface area contributed by atoms with Gasteiger partial charge in [-0.15, -0.1) is 0 Å². The number of sulfonamides is 1. The molecule has 0 bridgehead atoms. The van der Waals surface area contributed by atoms with Crippen LogP contribution >= 0.6 is 0 Å². The molecule has 0 unspecified atom stereocenters. The van der Waals surface area contributed by atoms with Gasteiger partial charge in [-0.3, -0.25) is 4.79 Å². The Morgan fingerprint density at radius 1 is 0.757 bits per heavy atom. The van der Waals surface area contributed by atoms with Crippen molar-refractivity contribution >= 4 is 21.5 Å². The van der Waals surface area contributed by atoms with Gasteiger partial charge in [0, 0.05) is 44.4 Å². The third kappa shape index (κ3) is 5.63. The molecule has 3 aromatic carbocycles. The molecule has 194 valence electrons. The molecule has 0 atom stereocenters. The van der Waals surface area contributed by atoms with Crippen LogP contribution in [0, 0.1) is 0 Å². The summed E-state index contributed by atoms with van der Waals surface area (Å²) in [6, 6.07) is 22.3. The highest BCUT2D eigenvalue weighted by Crippen LogP contribution is 2.40. The lowest BCUT2D eigenvalue weighted by atomic mass is 9.97.